The minimum atomic E-state index is -1.01. The van der Waals surface area contributed by atoms with Crippen LogP contribution in [-0.4, -0.2) is 44.6 Å². The van der Waals surface area contributed by atoms with Crippen molar-refractivity contribution in [2.75, 3.05) is 6.54 Å². The monoisotopic (exact) mass is 470 g/mol. The number of aromatic amines is 1. The lowest BCUT2D eigenvalue weighted by Crippen LogP contribution is -2.42. The second kappa shape index (κ2) is 7.05. The number of nitrogens with one attached hydrogen (secondary N) is 1. The Morgan fingerprint density at radius 2 is 1.81 bits per heavy atom. The van der Waals surface area contributed by atoms with Gasteiger partial charge >= 0.3 is 10.8 Å². The van der Waals surface area contributed by atoms with Crippen molar-refractivity contribution in [2.45, 2.75) is 36.0 Å². The first-order valence-electron chi connectivity index (χ1n) is 10.9. The number of likely N-dealkylation sites (tertiary alicyclic amines) is 1. The summed E-state index contributed by atoms with van der Waals surface area (Å²) >= 11 is 2.92. The van der Waals surface area contributed by atoms with E-state index >= 15 is 0 Å². The van der Waals surface area contributed by atoms with Crippen LogP contribution in [-0.2, 0) is 14.4 Å². The molecule has 4 aliphatic rings. The van der Waals surface area contributed by atoms with Crippen LogP contribution in [0.25, 0.3) is 0 Å². The lowest BCUT2D eigenvalue weighted by atomic mass is 9.68. The molecule has 2 saturated carbocycles. The number of hydrogen-bond donors (Lipinski definition) is 2. The van der Waals surface area contributed by atoms with E-state index in [1.807, 2.05) is 6.92 Å². The van der Waals surface area contributed by atoms with Gasteiger partial charge in [0.2, 0.25) is 11.8 Å². The van der Waals surface area contributed by atoms with Gasteiger partial charge in [0.25, 0.3) is 0 Å². The summed E-state index contributed by atoms with van der Waals surface area (Å²) in [6, 6.07) is 8.39. The van der Waals surface area contributed by atoms with Crippen molar-refractivity contribution in [1.82, 2.24) is 9.88 Å². The van der Waals surface area contributed by atoms with Crippen LogP contribution in [0.15, 0.2) is 34.1 Å². The van der Waals surface area contributed by atoms with E-state index < -0.39 is 5.97 Å². The van der Waals surface area contributed by atoms with Crippen molar-refractivity contribution in [2.24, 2.45) is 29.6 Å². The fraction of sp³-hybridized carbons (Fsp3) is 0.478. The van der Waals surface area contributed by atoms with E-state index in [9.17, 15) is 19.2 Å². The zero-order valence-electron chi connectivity index (χ0n) is 17.3. The average Bonchev–Trinajstić information content (AvgIpc) is 3.47. The molecule has 3 heterocycles. The number of rotatable bonds is 4. The van der Waals surface area contributed by atoms with Crippen molar-refractivity contribution >= 4 is 40.9 Å². The van der Waals surface area contributed by atoms with Gasteiger partial charge in [0.1, 0.15) is 0 Å². The first-order chi connectivity index (χ1) is 15.3. The van der Waals surface area contributed by atoms with Gasteiger partial charge in [-0.05, 0) is 36.7 Å². The maximum Gasteiger partial charge on any atom is 0.305 e. The zero-order chi connectivity index (χ0) is 22.3. The van der Waals surface area contributed by atoms with Gasteiger partial charge in [0.05, 0.1) is 23.3 Å². The van der Waals surface area contributed by atoms with Crippen LogP contribution in [0.3, 0.4) is 0 Å². The van der Waals surface area contributed by atoms with Crippen molar-refractivity contribution < 1.29 is 19.5 Å². The molecule has 166 valence electrons. The normalized spacial score (nSPS) is 34.5. The minimum absolute atomic E-state index is 0.0210. The fourth-order valence-electron chi connectivity index (χ4n) is 6.65. The van der Waals surface area contributed by atoms with Crippen LogP contribution in [0.2, 0.25) is 0 Å². The molecule has 2 N–H and O–H groups in total. The van der Waals surface area contributed by atoms with E-state index in [0.29, 0.717) is 0 Å². The molecule has 3 fully saturated rings. The summed E-state index contributed by atoms with van der Waals surface area (Å²) in [4.78, 5) is 54.9. The van der Waals surface area contributed by atoms with Gasteiger partial charge in [-0.1, -0.05) is 41.2 Å². The molecule has 2 bridgehead atoms. The lowest BCUT2D eigenvalue weighted by molar-refractivity contribution is -0.142. The summed E-state index contributed by atoms with van der Waals surface area (Å²) in [7, 11) is 0. The number of aryl methyl sites for hydroxylation is 1. The third-order valence-electron chi connectivity index (χ3n) is 7.80. The molecule has 32 heavy (non-hydrogen) atoms. The summed E-state index contributed by atoms with van der Waals surface area (Å²) < 4.78 is 0. The van der Waals surface area contributed by atoms with Gasteiger partial charge in [-0.3, -0.25) is 24.1 Å². The fourth-order valence-corrected chi connectivity index (χ4v) is 9.54. The Balaban J connectivity index is 1.41. The predicted octanol–water partition coefficient (Wildman–Crippen LogP) is 2.69. The SMILES string of the molecule is Cc1ccc([C@@H]2c3sc(=O)[nH]c3S[C@@H]3[C@H]4C[C@@H]([C@@H]5C(=O)N(CCC(=O)O)C(=O)[C@@H]45)[C@@H]23)cc1. The molecule has 1 aromatic heterocycles. The number of carboxylic acid groups (broad SMARTS) is 1. The van der Waals surface area contributed by atoms with Gasteiger partial charge in [0.15, 0.2) is 0 Å². The van der Waals surface area contributed by atoms with Crippen LogP contribution in [0.1, 0.15) is 34.8 Å². The van der Waals surface area contributed by atoms with Gasteiger partial charge in [-0.15, -0.1) is 11.8 Å². The summed E-state index contributed by atoms with van der Waals surface area (Å²) in [5.74, 6) is -1.83. The Kier molecular flexibility index (Phi) is 4.46. The highest BCUT2D eigenvalue weighted by Crippen LogP contribution is 2.68. The number of nitrogens with zero attached hydrogens (tertiary/aromatic N) is 1. The van der Waals surface area contributed by atoms with Crippen LogP contribution in [0, 0.1) is 36.5 Å². The highest BCUT2D eigenvalue weighted by Gasteiger charge is 2.69. The van der Waals surface area contributed by atoms with E-state index in [1.165, 1.54) is 16.2 Å². The second-order valence-corrected chi connectivity index (χ2v) is 11.5. The van der Waals surface area contributed by atoms with Gasteiger partial charge < -0.3 is 10.1 Å². The molecule has 1 aromatic carbocycles. The zero-order valence-corrected chi connectivity index (χ0v) is 18.9. The standard InChI is InChI=1S/C23H22N2O5S2/c1-9-2-4-10(5-3-9)14-15-11-8-12(18(15)31-20-19(14)32-23(30)24-20)17-16(11)21(28)25(22(17)29)7-6-13(26)27/h2-5,11-12,14-18H,6-8H2,1H3,(H,24,30)(H,26,27)/t11-,12+,14+,15+,16+,17+,18-/m1/s1. The molecule has 9 heteroatoms. The average molecular weight is 471 g/mol. The number of amides is 2. The molecular weight excluding hydrogens is 448 g/mol. The Bertz CT molecular complexity index is 1200. The van der Waals surface area contributed by atoms with Crippen molar-refractivity contribution in [1.29, 1.82) is 0 Å². The molecule has 0 radical (unpaired) electrons. The van der Waals surface area contributed by atoms with E-state index in [2.05, 4.69) is 29.2 Å². The molecular formula is C23H22N2O5S2. The van der Waals surface area contributed by atoms with Crippen LogP contribution >= 0.6 is 23.1 Å². The third kappa shape index (κ3) is 2.73. The second-order valence-electron chi connectivity index (χ2n) is 9.34. The Labute approximate surface area is 192 Å². The smallest absolute Gasteiger partial charge is 0.305 e. The molecule has 1 saturated heterocycles. The van der Waals surface area contributed by atoms with Crippen molar-refractivity contribution in [3.8, 4) is 0 Å². The Hall–Kier alpha value is -2.39. The number of aliphatic carboxylic acids is 1. The minimum Gasteiger partial charge on any atom is -0.481 e. The molecule has 0 spiro atoms. The van der Waals surface area contributed by atoms with E-state index in [0.717, 1.165) is 27.5 Å². The van der Waals surface area contributed by atoms with Crippen molar-refractivity contribution in [3.05, 3.63) is 49.9 Å². The first kappa shape index (κ1) is 20.2. The molecule has 2 aliphatic heterocycles. The van der Waals surface area contributed by atoms with Crippen LogP contribution in [0.5, 0.6) is 0 Å². The molecule has 2 amide bonds. The van der Waals surface area contributed by atoms with E-state index in [4.69, 9.17) is 5.11 Å². The maximum atomic E-state index is 13.3. The molecule has 7 nitrogen and oxygen atoms in total. The molecule has 0 unspecified atom stereocenters. The Morgan fingerprint density at radius 3 is 2.50 bits per heavy atom. The summed E-state index contributed by atoms with van der Waals surface area (Å²) in [6.45, 7) is 1.99. The highest BCUT2D eigenvalue weighted by molar-refractivity contribution is 8.00. The van der Waals surface area contributed by atoms with E-state index in [1.54, 1.807) is 11.8 Å². The van der Waals surface area contributed by atoms with Gasteiger partial charge in [-0.25, -0.2) is 0 Å². The number of H-pyrrole nitrogens is 1. The van der Waals surface area contributed by atoms with Gasteiger partial charge in [-0.2, -0.15) is 0 Å². The number of imide groups is 1. The first-order valence-corrected chi connectivity index (χ1v) is 12.6. The number of benzene rings is 1. The molecule has 6 rings (SSSR count). The number of carbonyl (C=O) groups is 3. The third-order valence-corrected chi connectivity index (χ3v) is 10.4. The number of hydrogen-bond acceptors (Lipinski definition) is 6. The number of thiazole rings is 1. The highest BCUT2D eigenvalue weighted by atomic mass is 32.2. The van der Waals surface area contributed by atoms with E-state index in [-0.39, 0.29) is 70.4 Å². The topological polar surface area (TPSA) is 108 Å². The molecule has 7 atom stereocenters. The summed E-state index contributed by atoms with van der Waals surface area (Å²) in [5.41, 5.74) is 2.31. The number of thioether (sulfide) groups is 1. The number of carboxylic acids is 1. The van der Waals surface area contributed by atoms with Crippen LogP contribution in [0.4, 0.5) is 0 Å². The molecule has 2 aromatic rings. The quantitative estimate of drug-likeness (QED) is 0.666. The molecule has 2 aliphatic carbocycles. The number of aromatic nitrogens is 1. The summed E-state index contributed by atoms with van der Waals surface area (Å²) in [5, 5.41) is 10.1. The van der Waals surface area contributed by atoms with Crippen LogP contribution < -0.4 is 4.87 Å². The largest absolute Gasteiger partial charge is 0.481 e. The van der Waals surface area contributed by atoms with Gasteiger partial charge in [0, 0.05) is 22.6 Å². The summed E-state index contributed by atoms with van der Waals surface area (Å²) in [6.07, 6.45) is 0.613. The Morgan fingerprint density at radius 1 is 1.12 bits per heavy atom. The lowest BCUT2D eigenvalue weighted by Gasteiger charge is -2.43. The van der Waals surface area contributed by atoms with Crippen molar-refractivity contribution in [3.63, 3.8) is 0 Å². The predicted molar refractivity (Wildman–Crippen MR) is 119 cm³/mol. The number of carbonyl (C=O) groups excluding carboxylic acids is 2. The number of fused-ring (bicyclic) bond motifs is 9. The maximum absolute atomic E-state index is 13.3.